The van der Waals surface area contributed by atoms with Crippen LogP contribution in [0.3, 0.4) is 0 Å². The number of carbonyl (C=O) groups excluding carboxylic acids is 2. The Morgan fingerprint density at radius 2 is 1.96 bits per heavy atom. The number of hydrogen-bond acceptors (Lipinski definition) is 5. The lowest BCUT2D eigenvalue weighted by molar-refractivity contribution is -0.138. The topological polar surface area (TPSA) is 108 Å². The Labute approximate surface area is 167 Å². The van der Waals surface area contributed by atoms with Gasteiger partial charge < -0.3 is 15.7 Å². The Morgan fingerprint density at radius 3 is 2.54 bits per heavy atom. The molecule has 0 bridgehead atoms. The molecule has 1 aliphatic rings. The highest BCUT2D eigenvalue weighted by atomic mass is 35.5. The van der Waals surface area contributed by atoms with E-state index in [0.29, 0.717) is 5.02 Å². The molecule has 2 rings (SSSR count). The third kappa shape index (κ3) is 7.41. The minimum atomic E-state index is -1.10. The molecule has 1 aromatic rings. The number of benzene rings is 1. The molecule has 7 nitrogen and oxygen atoms in total. The van der Waals surface area contributed by atoms with Crippen LogP contribution in [0, 0.1) is 0 Å². The van der Waals surface area contributed by atoms with E-state index in [-0.39, 0.29) is 49.1 Å². The average molecular weight is 422 g/mol. The van der Waals surface area contributed by atoms with Crippen molar-refractivity contribution in [2.75, 3.05) is 24.7 Å². The molecule has 0 unspecified atom stereocenters. The van der Waals surface area contributed by atoms with Crippen LogP contribution in [0.15, 0.2) is 24.3 Å². The quantitative estimate of drug-likeness (QED) is 0.502. The summed E-state index contributed by atoms with van der Waals surface area (Å²) >= 11 is 7.55. The van der Waals surface area contributed by atoms with E-state index < -0.39 is 12.5 Å². The van der Waals surface area contributed by atoms with Gasteiger partial charge in [0.15, 0.2) is 0 Å². The first-order valence-electron chi connectivity index (χ1n) is 7.78. The van der Waals surface area contributed by atoms with Crippen LogP contribution in [0.4, 0.5) is 0 Å². The molecule has 0 radical (unpaired) electrons. The number of hydrogen-bond donors (Lipinski definition) is 4. The number of rotatable bonds is 8. The van der Waals surface area contributed by atoms with Gasteiger partial charge in [-0.15, -0.1) is 24.2 Å². The number of carbonyl (C=O) groups is 3. The van der Waals surface area contributed by atoms with Crippen molar-refractivity contribution in [3.05, 3.63) is 34.9 Å². The van der Waals surface area contributed by atoms with E-state index >= 15 is 0 Å². The molecular weight excluding hydrogens is 401 g/mol. The molecule has 1 aromatic carbocycles. The third-order valence-corrected chi connectivity index (χ3v) is 4.96. The first-order chi connectivity index (χ1) is 12.0. The monoisotopic (exact) mass is 421 g/mol. The van der Waals surface area contributed by atoms with E-state index in [1.54, 1.807) is 36.0 Å². The summed E-state index contributed by atoms with van der Waals surface area (Å²) in [6.07, 6.45) is 0.0715. The normalized spacial score (nSPS) is 17.0. The lowest BCUT2D eigenvalue weighted by Gasteiger charge is -2.19. The maximum atomic E-state index is 12.1. The van der Waals surface area contributed by atoms with Gasteiger partial charge in [-0.1, -0.05) is 23.7 Å². The number of aliphatic carboxylic acids is 1. The van der Waals surface area contributed by atoms with Crippen LogP contribution in [0.25, 0.3) is 0 Å². The van der Waals surface area contributed by atoms with Crippen molar-refractivity contribution in [2.24, 2.45) is 0 Å². The summed E-state index contributed by atoms with van der Waals surface area (Å²) in [7, 11) is 0. The van der Waals surface area contributed by atoms with Gasteiger partial charge in [0.1, 0.15) is 6.54 Å². The van der Waals surface area contributed by atoms with Gasteiger partial charge in [0.2, 0.25) is 11.8 Å². The van der Waals surface area contributed by atoms with E-state index in [0.717, 1.165) is 17.2 Å². The van der Waals surface area contributed by atoms with Crippen LogP contribution in [0.2, 0.25) is 5.02 Å². The molecular formula is C16H21Cl2N3O4S. The van der Waals surface area contributed by atoms with Crippen LogP contribution < -0.4 is 16.0 Å². The number of carboxylic acids is 1. The summed E-state index contributed by atoms with van der Waals surface area (Å²) in [6, 6.07) is 6.81. The van der Waals surface area contributed by atoms with Gasteiger partial charge in [0.05, 0.1) is 6.04 Å². The van der Waals surface area contributed by atoms with Gasteiger partial charge in [-0.05, 0) is 17.7 Å². The van der Waals surface area contributed by atoms with E-state index in [1.807, 2.05) is 0 Å². The molecule has 10 heteroatoms. The van der Waals surface area contributed by atoms with E-state index in [1.165, 1.54) is 0 Å². The summed E-state index contributed by atoms with van der Waals surface area (Å²) in [6.45, 7) is -0.147. The third-order valence-electron chi connectivity index (χ3n) is 3.77. The molecule has 1 aliphatic heterocycles. The zero-order valence-corrected chi connectivity index (χ0v) is 16.3. The lowest BCUT2D eigenvalue weighted by Crippen LogP contribution is -2.43. The van der Waals surface area contributed by atoms with Gasteiger partial charge >= 0.3 is 5.97 Å². The van der Waals surface area contributed by atoms with Crippen molar-refractivity contribution < 1.29 is 19.5 Å². The van der Waals surface area contributed by atoms with Crippen molar-refractivity contribution in [3.63, 3.8) is 0 Å². The van der Waals surface area contributed by atoms with Crippen molar-refractivity contribution in [1.82, 2.24) is 16.0 Å². The van der Waals surface area contributed by atoms with Gasteiger partial charge in [0, 0.05) is 35.5 Å². The largest absolute Gasteiger partial charge is 0.480 e. The molecule has 1 heterocycles. The van der Waals surface area contributed by atoms with Crippen LogP contribution in [-0.4, -0.2) is 53.7 Å². The lowest BCUT2D eigenvalue weighted by atomic mass is 9.95. The number of carboxylic acid groups (broad SMARTS) is 1. The number of amides is 2. The minimum Gasteiger partial charge on any atom is -0.480 e. The second-order valence-electron chi connectivity index (χ2n) is 5.64. The molecule has 1 saturated heterocycles. The van der Waals surface area contributed by atoms with Gasteiger partial charge in [0.25, 0.3) is 0 Å². The number of nitrogens with one attached hydrogen (secondary N) is 3. The highest BCUT2D eigenvalue weighted by Gasteiger charge is 2.24. The first-order valence-corrected chi connectivity index (χ1v) is 9.31. The Morgan fingerprint density at radius 1 is 1.27 bits per heavy atom. The Hall–Kier alpha value is -1.48. The van der Waals surface area contributed by atoms with Crippen molar-refractivity contribution in [3.8, 4) is 0 Å². The molecule has 2 atom stereocenters. The van der Waals surface area contributed by atoms with E-state index in [2.05, 4.69) is 16.0 Å². The Bertz CT molecular complexity index is 624. The Kier molecular flexibility index (Phi) is 9.79. The summed E-state index contributed by atoms with van der Waals surface area (Å²) < 4.78 is 0. The average Bonchev–Trinajstić information content (AvgIpc) is 3.12. The van der Waals surface area contributed by atoms with Crippen LogP contribution in [0.5, 0.6) is 0 Å². The molecule has 0 aromatic heterocycles. The summed E-state index contributed by atoms with van der Waals surface area (Å²) in [4.78, 5) is 34.7. The van der Waals surface area contributed by atoms with Crippen LogP contribution in [-0.2, 0) is 14.4 Å². The number of halogens is 2. The Balaban J connectivity index is 0.00000338. The van der Waals surface area contributed by atoms with Crippen molar-refractivity contribution >= 4 is 53.6 Å². The molecule has 144 valence electrons. The number of thioether (sulfide) groups is 1. The highest BCUT2D eigenvalue weighted by Crippen LogP contribution is 2.21. The maximum absolute atomic E-state index is 12.1. The summed E-state index contributed by atoms with van der Waals surface area (Å²) in [5, 5.41) is 17.5. The second-order valence-corrected chi connectivity index (χ2v) is 7.11. The van der Waals surface area contributed by atoms with Crippen molar-refractivity contribution in [2.45, 2.75) is 18.4 Å². The van der Waals surface area contributed by atoms with Gasteiger partial charge in [-0.3, -0.25) is 19.7 Å². The predicted molar refractivity (Wildman–Crippen MR) is 104 cm³/mol. The molecule has 4 N–H and O–H groups in total. The molecule has 26 heavy (non-hydrogen) atoms. The zero-order chi connectivity index (χ0) is 18.2. The molecule has 0 spiro atoms. The second kappa shape index (κ2) is 11.3. The molecule has 0 aliphatic carbocycles. The zero-order valence-electron chi connectivity index (χ0n) is 13.9. The fraction of sp³-hybridized carbons (Fsp3) is 0.438. The maximum Gasteiger partial charge on any atom is 0.322 e. The smallest absolute Gasteiger partial charge is 0.322 e. The fourth-order valence-electron chi connectivity index (χ4n) is 2.42. The first kappa shape index (κ1) is 22.6. The van der Waals surface area contributed by atoms with Crippen LogP contribution in [0.1, 0.15) is 17.9 Å². The minimum absolute atomic E-state index is 0. The van der Waals surface area contributed by atoms with E-state index in [4.69, 9.17) is 16.7 Å². The van der Waals surface area contributed by atoms with Gasteiger partial charge in [-0.25, -0.2) is 0 Å². The summed E-state index contributed by atoms with van der Waals surface area (Å²) in [5.41, 5.74) is 0.851. The highest BCUT2D eigenvalue weighted by molar-refractivity contribution is 7.99. The summed E-state index contributed by atoms with van der Waals surface area (Å²) in [5.74, 6) is -0.396. The van der Waals surface area contributed by atoms with Gasteiger partial charge in [-0.2, -0.15) is 0 Å². The van der Waals surface area contributed by atoms with Crippen molar-refractivity contribution in [1.29, 1.82) is 0 Å². The molecule has 0 saturated carbocycles. The molecule has 1 fully saturated rings. The standard InChI is InChI=1S/C16H20ClN3O4S.ClH/c17-12-3-1-10(2-4-12)11(5-14(21)18-7-15(22)23)6-19-16(24)13-8-25-9-20-13;/h1-4,11,13,20H,5-9H2,(H,18,21)(H,19,24)(H,22,23);1H/t11-,13-;/m0./s1. The van der Waals surface area contributed by atoms with Crippen LogP contribution >= 0.6 is 35.8 Å². The SMILES string of the molecule is Cl.O=C(O)CNC(=O)C[C@@H](CNC(=O)[C@@H]1CSCN1)c1ccc(Cl)cc1. The molecule has 2 amide bonds. The fourth-order valence-corrected chi connectivity index (χ4v) is 3.49. The van der Waals surface area contributed by atoms with E-state index in [9.17, 15) is 14.4 Å². The predicted octanol–water partition coefficient (Wildman–Crippen LogP) is 1.21.